The summed E-state index contributed by atoms with van der Waals surface area (Å²) < 4.78 is 0. The molecule has 0 fully saturated rings. The van der Waals surface area contributed by atoms with Gasteiger partial charge in [0.1, 0.15) is 0 Å². The van der Waals surface area contributed by atoms with Crippen LogP contribution in [0.4, 0.5) is 0 Å². The van der Waals surface area contributed by atoms with Gasteiger partial charge in [0.25, 0.3) is 0 Å². The van der Waals surface area contributed by atoms with Gasteiger partial charge in [-0.05, 0) is 55.5 Å². The number of aromatic carboxylic acids is 2. The fourth-order valence-corrected chi connectivity index (χ4v) is 2.52. The van der Waals surface area contributed by atoms with Crippen molar-refractivity contribution in [3.05, 3.63) is 69.8 Å². The van der Waals surface area contributed by atoms with Crippen LogP contribution >= 0.6 is 0 Å². The minimum absolute atomic E-state index is 0.00679. The second-order valence-corrected chi connectivity index (χ2v) is 5.41. The Labute approximate surface area is 129 Å². The first-order valence-electron chi connectivity index (χ1n) is 7.04. The van der Waals surface area contributed by atoms with E-state index in [0.717, 1.165) is 6.42 Å². The first-order chi connectivity index (χ1) is 10.4. The standard InChI is InChI=1S/C18H18O4/c1-11-3-4-13(12(2)9-11)5-6-14-7-8-15(17(19)20)10-16(14)18(21)22/h3-4,7-10H,5-6H2,1-2H3,(H,19,20)(H,21,22). The van der Waals surface area contributed by atoms with Crippen molar-refractivity contribution in [1.29, 1.82) is 0 Å². The highest BCUT2D eigenvalue weighted by Crippen LogP contribution is 2.18. The second-order valence-electron chi connectivity index (χ2n) is 5.41. The molecule has 0 saturated carbocycles. The molecule has 2 rings (SSSR count). The van der Waals surface area contributed by atoms with E-state index in [4.69, 9.17) is 5.11 Å². The summed E-state index contributed by atoms with van der Waals surface area (Å²) in [5.74, 6) is -2.22. The van der Waals surface area contributed by atoms with Gasteiger partial charge in [-0.1, -0.05) is 29.8 Å². The third kappa shape index (κ3) is 3.52. The number of carboxylic acid groups (broad SMARTS) is 2. The predicted molar refractivity (Wildman–Crippen MR) is 83.7 cm³/mol. The monoisotopic (exact) mass is 298 g/mol. The molecule has 0 aliphatic heterocycles. The summed E-state index contributed by atoms with van der Waals surface area (Å²) in [5, 5.41) is 18.2. The molecule has 2 aromatic carbocycles. The Hall–Kier alpha value is -2.62. The van der Waals surface area contributed by atoms with Crippen LogP contribution in [-0.4, -0.2) is 22.2 Å². The zero-order valence-corrected chi connectivity index (χ0v) is 12.6. The molecule has 4 heteroatoms. The smallest absolute Gasteiger partial charge is 0.335 e. The summed E-state index contributed by atoms with van der Waals surface area (Å²) in [4.78, 5) is 22.3. The average molecular weight is 298 g/mol. The summed E-state index contributed by atoms with van der Waals surface area (Å²) in [6.07, 6.45) is 1.28. The minimum Gasteiger partial charge on any atom is -0.478 e. The number of carboxylic acids is 2. The maximum Gasteiger partial charge on any atom is 0.335 e. The molecule has 0 aromatic heterocycles. The number of hydrogen-bond donors (Lipinski definition) is 2. The van der Waals surface area contributed by atoms with Crippen LogP contribution in [0.5, 0.6) is 0 Å². The number of carbonyl (C=O) groups is 2. The molecule has 0 radical (unpaired) electrons. The van der Waals surface area contributed by atoms with Crippen LogP contribution in [0.2, 0.25) is 0 Å². The fraction of sp³-hybridized carbons (Fsp3) is 0.222. The van der Waals surface area contributed by atoms with Crippen LogP contribution in [-0.2, 0) is 12.8 Å². The van der Waals surface area contributed by atoms with Gasteiger partial charge in [-0.2, -0.15) is 0 Å². The first-order valence-corrected chi connectivity index (χ1v) is 7.04. The van der Waals surface area contributed by atoms with Crippen LogP contribution in [0.1, 0.15) is 43.0 Å². The van der Waals surface area contributed by atoms with Gasteiger partial charge in [0, 0.05) is 0 Å². The maximum atomic E-state index is 11.3. The Morgan fingerprint density at radius 2 is 1.50 bits per heavy atom. The van der Waals surface area contributed by atoms with Gasteiger partial charge in [-0.15, -0.1) is 0 Å². The minimum atomic E-state index is -1.12. The van der Waals surface area contributed by atoms with Gasteiger partial charge < -0.3 is 10.2 Å². The van der Waals surface area contributed by atoms with Gasteiger partial charge in [0.15, 0.2) is 0 Å². The van der Waals surface area contributed by atoms with Crippen molar-refractivity contribution < 1.29 is 19.8 Å². The van der Waals surface area contributed by atoms with Crippen LogP contribution < -0.4 is 0 Å². The molecule has 0 saturated heterocycles. The van der Waals surface area contributed by atoms with Crippen LogP contribution in [0, 0.1) is 13.8 Å². The molecule has 0 amide bonds. The second kappa shape index (κ2) is 6.43. The highest BCUT2D eigenvalue weighted by Gasteiger charge is 2.14. The van der Waals surface area contributed by atoms with Crippen molar-refractivity contribution in [2.75, 3.05) is 0 Å². The molecule has 0 unspecified atom stereocenters. The lowest BCUT2D eigenvalue weighted by Gasteiger charge is -2.10. The number of rotatable bonds is 5. The molecule has 0 atom stereocenters. The average Bonchev–Trinajstić information content (AvgIpc) is 2.46. The van der Waals surface area contributed by atoms with Gasteiger partial charge in [0.05, 0.1) is 11.1 Å². The molecule has 2 aromatic rings. The molecule has 0 spiro atoms. The van der Waals surface area contributed by atoms with Crippen molar-refractivity contribution in [2.24, 2.45) is 0 Å². The number of benzene rings is 2. The predicted octanol–water partition coefficient (Wildman–Crippen LogP) is 3.49. The third-order valence-electron chi connectivity index (χ3n) is 3.75. The lowest BCUT2D eigenvalue weighted by atomic mass is 9.95. The summed E-state index contributed by atoms with van der Waals surface area (Å²) in [6, 6.07) is 10.5. The van der Waals surface area contributed by atoms with Gasteiger partial charge >= 0.3 is 11.9 Å². The van der Waals surface area contributed by atoms with Crippen LogP contribution in [0.25, 0.3) is 0 Å². The lowest BCUT2D eigenvalue weighted by molar-refractivity contribution is 0.0695. The molecule has 0 aliphatic rings. The summed E-state index contributed by atoms with van der Waals surface area (Å²) in [7, 11) is 0. The molecule has 0 aliphatic carbocycles. The zero-order valence-electron chi connectivity index (χ0n) is 12.6. The Kier molecular flexibility index (Phi) is 4.61. The Morgan fingerprint density at radius 3 is 2.09 bits per heavy atom. The van der Waals surface area contributed by atoms with E-state index in [2.05, 4.69) is 12.1 Å². The quantitative estimate of drug-likeness (QED) is 0.886. The third-order valence-corrected chi connectivity index (χ3v) is 3.75. The summed E-state index contributed by atoms with van der Waals surface area (Å²) >= 11 is 0. The van der Waals surface area contributed by atoms with Gasteiger partial charge in [-0.3, -0.25) is 0 Å². The fourth-order valence-electron chi connectivity index (χ4n) is 2.52. The van der Waals surface area contributed by atoms with Crippen molar-refractivity contribution in [1.82, 2.24) is 0 Å². The SMILES string of the molecule is Cc1ccc(CCc2ccc(C(=O)O)cc2C(=O)O)c(C)c1. The topological polar surface area (TPSA) is 74.6 Å². The van der Waals surface area contributed by atoms with E-state index >= 15 is 0 Å². The summed E-state index contributed by atoms with van der Waals surface area (Å²) in [6.45, 7) is 4.07. The normalized spacial score (nSPS) is 10.5. The van der Waals surface area contributed by atoms with Crippen LogP contribution in [0.15, 0.2) is 36.4 Å². The van der Waals surface area contributed by atoms with Crippen molar-refractivity contribution >= 4 is 11.9 Å². The van der Waals surface area contributed by atoms with E-state index in [1.807, 2.05) is 19.9 Å². The Balaban J connectivity index is 2.25. The van der Waals surface area contributed by atoms with Crippen molar-refractivity contribution in [2.45, 2.75) is 26.7 Å². The van der Waals surface area contributed by atoms with E-state index in [1.165, 1.54) is 28.8 Å². The van der Waals surface area contributed by atoms with Crippen molar-refractivity contribution in [3.63, 3.8) is 0 Å². The van der Waals surface area contributed by atoms with E-state index < -0.39 is 11.9 Å². The molecular weight excluding hydrogens is 280 g/mol. The van der Waals surface area contributed by atoms with Crippen LogP contribution in [0.3, 0.4) is 0 Å². The van der Waals surface area contributed by atoms with E-state index in [1.54, 1.807) is 6.07 Å². The Morgan fingerprint density at radius 1 is 0.864 bits per heavy atom. The summed E-state index contributed by atoms with van der Waals surface area (Å²) in [5.41, 5.74) is 4.25. The molecule has 4 nitrogen and oxygen atoms in total. The lowest BCUT2D eigenvalue weighted by Crippen LogP contribution is -2.07. The van der Waals surface area contributed by atoms with Gasteiger partial charge in [0.2, 0.25) is 0 Å². The highest BCUT2D eigenvalue weighted by molar-refractivity contribution is 5.94. The van der Waals surface area contributed by atoms with Gasteiger partial charge in [-0.25, -0.2) is 9.59 Å². The number of hydrogen-bond acceptors (Lipinski definition) is 2. The van der Waals surface area contributed by atoms with E-state index in [-0.39, 0.29) is 11.1 Å². The maximum absolute atomic E-state index is 11.3. The van der Waals surface area contributed by atoms with E-state index in [9.17, 15) is 14.7 Å². The molecule has 0 bridgehead atoms. The number of aryl methyl sites for hydroxylation is 4. The molecule has 22 heavy (non-hydrogen) atoms. The highest BCUT2D eigenvalue weighted by atomic mass is 16.4. The van der Waals surface area contributed by atoms with Crippen molar-refractivity contribution in [3.8, 4) is 0 Å². The zero-order chi connectivity index (χ0) is 16.3. The molecule has 0 heterocycles. The molecular formula is C18H18O4. The first kappa shape index (κ1) is 15.8. The molecule has 114 valence electrons. The molecule has 2 N–H and O–H groups in total. The Bertz CT molecular complexity index is 732. The largest absolute Gasteiger partial charge is 0.478 e. The van der Waals surface area contributed by atoms with E-state index in [0.29, 0.717) is 12.0 Å².